The summed E-state index contributed by atoms with van der Waals surface area (Å²) in [5.41, 5.74) is 6.93. The minimum Gasteiger partial charge on any atom is -0.352 e. The molecule has 1 amide bonds. The molecule has 1 N–H and O–H groups in total. The van der Waals surface area contributed by atoms with E-state index in [4.69, 9.17) is 0 Å². The molecule has 42 heavy (non-hydrogen) atoms. The van der Waals surface area contributed by atoms with Gasteiger partial charge in [0.05, 0.1) is 0 Å². The number of halogens is 1. The molecule has 1 heterocycles. The smallest absolute Gasteiger partial charge is 0.223 e. The van der Waals surface area contributed by atoms with Crippen LogP contribution in [-0.2, 0) is 17.8 Å². The molecule has 3 nitrogen and oxygen atoms in total. The van der Waals surface area contributed by atoms with E-state index >= 15 is 0 Å². The zero-order valence-corrected chi connectivity index (χ0v) is 27.7. The first kappa shape index (κ1) is 38.5. The largest absolute Gasteiger partial charge is 0.352 e. The second-order valence-electron chi connectivity index (χ2n) is 10.8. The molecule has 2 aromatic carbocycles. The average molecular weight is 575 g/mol. The Balaban J connectivity index is 0.000000611. The van der Waals surface area contributed by atoms with Crippen LogP contribution in [0.25, 0.3) is 12.7 Å². The van der Waals surface area contributed by atoms with Gasteiger partial charge in [-0.2, -0.15) is 0 Å². The summed E-state index contributed by atoms with van der Waals surface area (Å²) < 4.78 is 13.0. The Morgan fingerprint density at radius 1 is 0.952 bits per heavy atom. The minimum absolute atomic E-state index is 0.107. The summed E-state index contributed by atoms with van der Waals surface area (Å²) in [6.45, 7) is 26.2. The van der Waals surface area contributed by atoms with Crippen LogP contribution in [-0.4, -0.2) is 10.9 Å². The number of hydrogen-bond donors (Lipinski definition) is 1. The molecule has 4 heteroatoms. The Morgan fingerprint density at radius 2 is 1.55 bits per heavy atom. The van der Waals surface area contributed by atoms with Gasteiger partial charge in [-0.05, 0) is 112 Å². The molecule has 0 saturated carbocycles. The van der Waals surface area contributed by atoms with E-state index in [9.17, 15) is 9.18 Å². The quantitative estimate of drug-likeness (QED) is 0.273. The highest BCUT2D eigenvalue weighted by Gasteiger charge is 2.16. The molecule has 0 fully saturated rings. The fourth-order valence-corrected chi connectivity index (χ4v) is 4.32. The highest BCUT2D eigenvalue weighted by atomic mass is 19.1. The summed E-state index contributed by atoms with van der Waals surface area (Å²) in [5.74, 6) is -0.00871. The summed E-state index contributed by atoms with van der Waals surface area (Å²) in [6.07, 6.45) is 8.87. The number of rotatable bonds is 8. The van der Waals surface area contributed by atoms with E-state index < -0.39 is 0 Å². The molecule has 0 bridgehead atoms. The van der Waals surface area contributed by atoms with Gasteiger partial charge >= 0.3 is 0 Å². The van der Waals surface area contributed by atoms with Gasteiger partial charge in [0.1, 0.15) is 5.82 Å². The first-order chi connectivity index (χ1) is 19.9. The molecule has 3 rings (SSSR count). The van der Waals surface area contributed by atoms with Crippen LogP contribution >= 0.6 is 0 Å². The number of carbonyl (C=O) groups excluding carboxylic acids is 1. The molecule has 0 unspecified atom stereocenters. The van der Waals surface area contributed by atoms with Crippen molar-refractivity contribution in [2.24, 2.45) is 5.92 Å². The third-order valence-corrected chi connectivity index (χ3v) is 6.61. The maximum atomic E-state index is 13.0. The number of benzene rings is 2. The first-order valence-corrected chi connectivity index (χ1v) is 15.2. The van der Waals surface area contributed by atoms with Crippen LogP contribution in [0.15, 0.2) is 66.9 Å². The van der Waals surface area contributed by atoms with E-state index in [1.165, 1.54) is 28.8 Å². The van der Waals surface area contributed by atoms with Gasteiger partial charge in [0.15, 0.2) is 0 Å². The van der Waals surface area contributed by atoms with Gasteiger partial charge in [-0.3, -0.25) is 9.78 Å². The molecule has 0 saturated heterocycles. The van der Waals surface area contributed by atoms with Crippen molar-refractivity contribution in [2.75, 3.05) is 0 Å². The van der Waals surface area contributed by atoms with Crippen molar-refractivity contribution in [1.29, 1.82) is 0 Å². The topological polar surface area (TPSA) is 42.0 Å². The van der Waals surface area contributed by atoms with Gasteiger partial charge in [0.25, 0.3) is 0 Å². The Labute approximate surface area is 255 Å². The number of aromatic nitrogens is 1. The lowest BCUT2D eigenvalue weighted by Crippen LogP contribution is -2.30. The maximum Gasteiger partial charge on any atom is 0.223 e. The molecule has 0 aliphatic heterocycles. The predicted octanol–water partition coefficient (Wildman–Crippen LogP) is 8.71. The van der Waals surface area contributed by atoms with Gasteiger partial charge < -0.3 is 5.32 Å². The Morgan fingerprint density at radius 3 is 1.98 bits per heavy atom. The van der Waals surface area contributed by atoms with Crippen LogP contribution in [0.3, 0.4) is 0 Å². The van der Waals surface area contributed by atoms with Gasteiger partial charge in [-0.25, -0.2) is 4.39 Å². The third-order valence-electron chi connectivity index (χ3n) is 6.61. The zero-order chi connectivity index (χ0) is 32.1. The molecular weight excluding hydrogens is 519 g/mol. The Kier molecular flexibility index (Phi) is 20.3. The summed E-state index contributed by atoms with van der Waals surface area (Å²) >= 11 is 0. The third kappa shape index (κ3) is 16.0. The van der Waals surface area contributed by atoms with E-state index in [-0.39, 0.29) is 17.6 Å². The predicted molar refractivity (Wildman–Crippen MR) is 181 cm³/mol. The van der Waals surface area contributed by atoms with Crippen molar-refractivity contribution in [3.8, 4) is 0 Å². The second-order valence-corrected chi connectivity index (χ2v) is 10.8. The number of nitrogens with zero attached hydrogens (tertiary/aromatic N) is 1. The van der Waals surface area contributed by atoms with Gasteiger partial charge in [0.2, 0.25) is 5.91 Å². The fraction of sp³-hybridized carbons (Fsp3) is 0.421. The van der Waals surface area contributed by atoms with E-state index in [1.807, 2.05) is 46.8 Å². The number of amides is 1. The average Bonchev–Trinajstić information content (AvgIpc) is 2.93. The van der Waals surface area contributed by atoms with Crippen LogP contribution in [0.4, 0.5) is 4.39 Å². The van der Waals surface area contributed by atoms with Gasteiger partial charge in [-0.15, -0.1) is 6.58 Å². The molecule has 3 aromatic rings. The maximum absolute atomic E-state index is 13.0. The van der Waals surface area contributed by atoms with E-state index in [0.29, 0.717) is 6.54 Å². The standard InChI is InChI=1S/C16H24FNO.C9H11N.C9H12.C4H8/c1-4-6-13(7-5-2)16(19)18-11-14-8-9-15(17)10-12(14)3;1-4-9-7(2)5-6-10-8(9)3;1-3-9-7-5-4-6-8(9)2;1-4(2)3/h8-10,13H,4-7,11H2,1-3H3,(H,18,19);4-6H,2H2,1,3H3;4-7H,3H2,1-2H3;1H2,2-3H3/b;9-4+;;. The van der Waals surface area contributed by atoms with Crippen molar-refractivity contribution in [3.05, 3.63) is 111 Å². The number of carbonyl (C=O) groups is 1. The lowest BCUT2D eigenvalue weighted by Gasteiger charge is -2.16. The second kappa shape index (κ2) is 22.1. The lowest BCUT2D eigenvalue weighted by atomic mass is 9.97. The van der Waals surface area contributed by atoms with Crippen molar-refractivity contribution >= 4 is 18.6 Å². The molecule has 0 radical (unpaired) electrons. The normalized spacial score (nSPS) is 10.4. The van der Waals surface area contributed by atoms with Crippen LogP contribution in [0, 0.1) is 32.5 Å². The summed E-state index contributed by atoms with van der Waals surface area (Å²) in [4.78, 5) is 16.2. The molecular formula is C38H55FN2O. The van der Waals surface area contributed by atoms with Gasteiger partial charge in [-0.1, -0.05) is 82.2 Å². The van der Waals surface area contributed by atoms with Crippen LogP contribution in [0.1, 0.15) is 95.2 Å². The SMILES string of the molecule is C=C(C)C.C=c1ccnc(C)/c1=C/C.CCCC(CCC)C(=O)NCc1ccc(F)cc1C.CCc1ccccc1C. The van der Waals surface area contributed by atoms with E-state index in [2.05, 4.69) is 75.4 Å². The van der Waals surface area contributed by atoms with Crippen LogP contribution < -0.4 is 15.8 Å². The fourth-order valence-electron chi connectivity index (χ4n) is 4.32. The molecule has 230 valence electrons. The monoisotopic (exact) mass is 574 g/mol. The van der Waals surface area contributed by atoms with Crippen LogP contribution in [0.2, 0.25) is 0 Å². The van der Waals surface area contributed by atoms with Crippen molar-refractivity contribution in [3.63, 3.8) is 0 Å². The van der Waals surface area contributed by atoms with Crippen molar-refractivity contribution in [2.45, 2.75) is 101 Å². The lowest BCUT2D eigenvalue weighted by molar-refractivity contribution is -0.125. The number of allylic oxidation sites excluding steroid dienone is 1. The van der Waals surface area contributed by atoms with E-state index in [1.54, 1.807) is 12.3 Å². The Bertz CT molecular complexity index is 1320. The molecule has 0 atom stereocenters. The zero-order valence-electron chi connectivity index (χ0n) is 27.7. The molecule has 0 aliphatic rings. The summed E-state index contributed by atoms with van der Waals surface area (Å²) in [5, 5.41) is 5.17. The Hall–Kier alpha value is -3.53. The molecule has 0 aliphatic carbocycles. The molecule has 0 spiro atoms. The number of nitrogens with one attached hydrogen (secondary N) is 1. The minimum atomic E-state index is -0.234. The van der Waals surface area contributed by atoms with Gasteiger partial charge in [0, 0.05) is 24.4 Å². The summed E-state index contributed by atoms with van der Waals surface area (Å²) in [6, 6.07) is 15.1. The first-order valence-electron chi connectivity index (χ1n) is 15.2. The van der Waals surface area contributed by atoms with Crippen molar-refractivity contribution in [1.82, 2.24) is 10.3 Å². The highest BCUT2D eigenvalue weighted by molar-refractivity contribution is 5.78. The summed E-state index contributed by atoms with van der Waals surface area (Å²) in [7, 11) is 0. The number of pyridine rings is 1. The highest BCUT2D eigenvalue weighted by Crippen LogP contribution is 2.15. The van der Waals surface area contributed by atoms with Crippen LogP contribution in [0.5, 0.6) is 0 Å². The number of hydrogen-bond acceptors (Lipinski definition) is 2. The van der Waals surface area contributed by atoms with E-state index in [0.717, 1.165) is 59.4 Å². The molecule has 1 aromatic heterocycles. The number of aryl methyl sites for hydroxylation is 4. The van der Waals surface area contributed by atoms with Crippen molar-refractivity contribution < 1.29 is 9.18 Å².